The van der Waals surface area contributed by atoms with E-state index in [9.17, 15) is 9.59 Å². The molecule has 1 aliphatic rings. The van der Waals surface area contributed by atoms with Gasteiger partial charge in [-0.15, -0.1) is 11.3 Å². The summed E-state index contributed by atoms with van der Waals surface area (Å²) < 4.78 is 10.5. The maximum absolute atomic E-state index is 12.8. The number of aromatic nitrogens is 1. The average Bonchev–Trinajstić information content (AvgIpc) is 3.11. The molecule has 0 spiro atoms. The minimum atomic E-state index is -0.449. The zero-order valence-corrected chi connectivity index (χ0v) is 17.3. The molecule has 0 radical (unpaired) electrons. The molecule has 7 heteroatoms. The summed E-state index contributed by atoms with van der Waals surface area (Å²) >= 11 is 1.52. The molecular formula is C20H26N2O4S. The van der Waals surface area contributed by atoms with E-state index in [0.717, 1.165) is 29.1 Å². The fourth-order valence-electron chi connectivity index (χ4n) is 2.85. The Morgan fingerprint density at radius 1 is 1.33 bits per heavy atom. The molecule has 2 heterocycles. The first-order chi connectivity index (χ1) is 13.0. The predicted molar refractivity (Wildman–Crippen MR) is 106 cm³/mol. The molecule has 0 aliphatic carbocycles. The third-order valence-electron chi connectivity index (χ3n) is 4.08. The molecule has 27 heavy (non-hydrogen) atoms. The van der Waals surface area contributed by atoms with E-state index in [0.29, 0.717) is 30.0 Å². The summed E-state index contributed by atoms with van der Waals surface area (Å²) in [5.74, 6) is -0.0411. The fourth-order valence-corrected chi connectivity index (χ4v) is 3.67. The van der Waals surface area contributed by atoms with E-state index in [1.807, 2.05) is 26.2 Å². The van der Waals surface area contributed by atoms with E-state index in [1.54, 1.807) is 24.1 Å². The highest BCUT2D eigenvalue weighted by Gasteiger charge is 2.24. The number of hydrogen-bond acceptors (Lipinski definition) is 6. The Morgan fingerprint density at radius 3 is 2.70 bits per heavy atom. The Kier molecular flexibility index (Phi) is 7.36. The van der Waals surface area contributed by atoms with E-state index >= 15 is 0 Å². The van der Waals surface area contributed by atoms with Crippen LogP contribution in [0.5, 0.6) is 5.75 Å². The number of hydrogen-bond donors (Lipinski definition) is 0. The van der Waals surface area contributed by atoms with Crippen LogP contribution in [0.25, 0.3) is 0 Å². The van der Waals surface area contributed by atoms with Gasteiger partial charge in [0.15, 0.2) is 0 Å². The van der Waals surface area contributed by atoms with Crippen molar-refractivity contribution < 1.29 is 19.1 Å². The van der Waals surface area contributed by atoms with Gasteiger partial charge < -0.3 is 14.4 Å². The summed E-state index contributed by atoms with van der Waals surface area (Å²) in [7, 11) is 3.06. The Morgan fingerprint density at radius 2 is 2.07 bits per heavy atom. The number of aryl methyl sites for hydroxylation is 1. The topological polar surface area (TPSA) is 68.7 Å². The number of amides is 1. The highest BCUT2D eigenvalue weighted by atomic mass is 32.1. The minimum Gasteiger partial charge on any atom is -0.493 e. The quantitative estimate of drug-likeness (QED) is 0.742. The summed E-state index contributed by atoms with van der Waals surface area (Å²) in [6.07, 6.45) is 1.58. The van der Waals surface area contributed by atoms with Crippen LogP contribution in [0.15, 0.2) is 17.5 Å². The maximum Gasteiger partial charge on any atom is 0.338 e. The molecule has 0 saturated carbocycles. The highest BCUT2D eigenvalue weighted by Crippen LogP contribution is 2.31. The lowest BCUT2D eigenvalue weighted by Gasteiger charge is -2.22. The summed E-state index contributed by atoms with van der Waals surface area (Å²) in [5.41, 5.74) is 2.57. The van der Waals surface area contributed by atoms with Gasteiger partial charge in [-0.1, -0.05) is 13.8 Å². The van der Waals surface area contributed by atoms with Crippen molar-refractivity contribution >= 4 is 23.2 Å². The lowest BCUT2D eigenvalue weighted by atomic mass is 9.96. The van der Waals surface area contributed by atoms with Gasteiger partial charge in [0.1, 0.15) is 10.8 Å². The highest BCUT2D eigenvalue weighted by molar-refractivity contribution is 7.09. The number of benzene rings is 1. The van der Waals surface area contributed by atoms with Crippen LogP contribution in [0.2, 0.25) is 0 Å². The van der Waals surface area contributed by atoms with Crippen LogP contribution < -0.4 is 4.74 Å². The van der Waals surface area contributed by atoms with Gasteiger partial charge in [0.05, 0.1) is 25.8 Å². The molecule has 0 fully saturated rings. The molecule has 0 atom stereocenters. The summed E-state index contributed by atoms with van der Waals surface area (Å²) in [5, 5.41) is 2.83. The van der Waals surface area contributed by atoms with Gasteiger partial charge in [0.25, 0.3) is 5.91 Å². The molecular weight excluding hydrogens is 364 g/mol. The third kappa shape index (κ3) is 4.86. The monoisotopic (exact) mass is 390 g/mol. The lowest BCUT2D eigenvalue weighted by Crippen LogP contribution is -2.27. The lowest BCUT2D eigenvalue weighted by molar-refractivity contribution is 0.0598. The van der Waals surface area contributed by atoms with Crippen molar-refractivity contribution in [3.8, 4) is 5.75 Å². The van der Waals surface area contributed by atoms with E-state index in [2.05, 4.69) is 4.98 Å². The van der Waals surface area contributed by atoms with Crippen molar-refractivity contribution in [2.45, 2.75) is 40.2 Å². The van der Waals surface area contributed by atoms with Crippen molar-refractivity contribution in [2.75, 3.05) is 20.8 Å². The molecule has 146 valence electrons. The SMILES string of the molecule is CC.COC(=O)c1cc(C(=O)N(C)Cc2nc(C)cs2)cc2c1CCCO2. The standard InChI is InChI=1S/C18H20N2O4S.C2H6/c1-11-10-25-16(19-11)9-20(2)17(21)12-7-14(18(22)23-3)13-5-4-6-24-15(13)8-12;1-2/h7-8,10H,4-6,9H2,1-3H3;1-2H3. The Hall–Kier alpha value is -2.41. The van der Waals surface area contributed by atoms with Crippen LogP contribution in [0, 0.1) is 6.92 Å². The zero-order chi connectivity index (χ0) is 20.0. The van der Waals surface area contributed by atoms with Crippen LogP contribution >= 0.6 is 11.3 Å². The largest absolute Gasteiger partial charge is 0.493 e. The Balaban J connectivity index is 0.00000126. The number of carbonyl (C=O) groups excluding carboxylic acids is 2. The van der Waals surface area contributed by atoms with Crippen LogP contribution in [-0.2, 0) is 17.7 Å². The maximum atomic E-state index is 12.8. The number of nitrogens with zero attached hydrogens (tertiary/aromatic N) is 2. The molecule has 1 aromatic heterocycles. The second-order valence-electron chi connectivity index (χ2n) is 5.99. The molecule has 1 aliphatic heterocycles. The molecule has 0 saturated heterocycles. The number of rotatable bonds is 4. The Labute approximate surface area is 164 Å². The number of ether oxygens (including phenoxy) is 2. The van der Waals surface area contributed by atoms with Crippen LogP contribution in [0.4, 0.5) is 0 Å². The average molecular weight is 391 g/mol. The first kappa shape index (κ1) is 20.9. The van der Waals surface area contributed by atoms with E-state index in [-0.39, 0.29) is 5.91 Å². The summed E-state index contributed by atoms with van der Waals surface area (Å²) in [6.45, 7) is 6.92. The van der Waals surface area contributed by atoms with Gasteiger partial charge in [0.2, 0.25) is 0 Å². The second-order valence-corrected chi connectivity index (χ2v) is 6.93. The summed E-state index contributed by atoms with van der Waals surface area (Å²) in [4.78, 5) is 30.9. The van der Waals surface area contributed by atoms with Gasteiger partial charge >= 0.3 is 5.97 Å². The van der Waals surface area contributed by atoms with Crippen LogP contribution in [0.3, 0.4) is 0 Å². The van der Waals surface area contributed by atoms with Crippen molar-refractivity contribution in [1.82, 2.24) is 9.88 Å². The van der Waals surface area contributed by atoms with Gasteiger partial charge in [0, 0.05) is 29.2 Å². The van der Waals surface area contributed by atoms with Crippen molar-refractivity contribution in [3.63, 3.8) is 0 Å². The molecule has 3 rings (SSSR count). The molecule has 0 bridgehead atoms. The molecule has 1 amide bonds. The van der Waals surface area contributed by atoms with Crippen molar-refractivity contribution in [3.05, 3.63) is 44.9 Å². The van der Waals surface area contributed by atoms with Crippen LogP contribution in [0.1, 0.15) is 57.2 Å². The number of thiazole rings is 1. The van der Waals surface area contributed by atoms with Crippen molar-refractivity contribution in [2.24, 2.45) is 0 Å². The minimum absolute atomic E-state index is 0.185. The van der Waals surface area contributed by atoms with Gasteiger partial charge in [-0.2, -0.15) is 0 Å². The van der Waals surface area contributed by atoms with Crippen LogP contribution in [-0.4, -0.2) is 42.5 Å². The number of methoxy groups -OCH3 is 1. The number of fused-ring (bicyclic) bond motifs is 1. The third-order valence-corrected chi connectivity index (χ3v) is 5.03. The predicted octanol–water partition coefficient (Wildman–Crippen LogP) is 3.86. The van der Waals surface area contributed by atoms with E-state index in [4.69, 9.17) is 9.47 Å². The summed E-state index contributed by atoms with van der Waals surface area (Å²) in [6, 6.07) is 3.32. The number of carbonyl (C=O) groups is 2. The fraction of sp³-hybridized carbons (Fsp3) is 0.450. The van der Waals surface area contributed by atoms with E-state index in [1.165, 1.54) is 18.4 Å². The zero-order valence-electron chi connectivity index (χ0n) is 16.5. The number of esters is 1. The molecule has 6 nitrogen and oxygen atoms in total. The molecule has 2 aromatic rings. The Bertz CT molecular complexity index is 816. The second kappa shape index (κ2) is 9.50. The van der Waals surface area contributed by atoms with Gasteiger partial charge in [-0.3, -0.25) is 4.79 Å². The molecule has 0 N–H and O–H groups in total. The normalized spacial score (nSPS) is 12.2. The molecule has 0 unspecified atom stereocenters. The first-order valence-electron chi connectivity index (χ1n) is 9.04. The van der Waals surface area contributed by atoms with Gasteiger partial charge in [-0.05, 0) is 31.9 Å². The first-order valence-corrected chi connectivity index (χ1v) is 9.92. The van der Waals surface area contributed by atoms with Gasteiger partial charge in [-0.25, -0.2) is 9.78 Å². The van der Waals surface area contributed by atoms with Crippen molar-refractivity contribution in [1.29, 1.82) is 0 Å². The van der Waals surface area contributed by atoms with E-state index < -0.39 is 5.97 Å². The smallest absolute Gasteiger partial charge is 0.338 e. The molecule has 1 aromatic carbocycles.